The van der Waals surface area contributed by atoms with E-state index in [0.717, 1.165) is 11.8 Å². The SMILES string of the molecule is C=C=CCC1CC1CC=CC. The quantitative estimate of drug-likeness (QED) is 0.424. The molecule has 1 fully saturated rings. The number of hydrogen-bond donors (Lipinski definition) is 0. The van der Waals surface area contributed by atoms with Crippen LogP contribution < -0.4 is 0 Å². The summed E-state index contributed by atoms with van der Waals surface area (Å²) >= 11 is 0. The Balaban J connectivity index is 2.11. The Morgan fingerprint density at radius 3 is 2.82 bits per heavy atom. The summed E-state index contributed by atoms with van der Waals surface area (Å²) in [5.74, 6) is 1.89. The second-order valence-corrected chi connectivity index (χ2v) is 3.20. The van der Waals surface area contributed by atoms with Crippen LogP contribution >= 0.6 is 0 Å². The van der Waals surface area contributed by atoms with E-state index in [1.54, 1.807) is 0 Å². The summed E-state index contributed by atoms with van der Waals surface area (Å²) in [5, 5.41) is 0. The van der Waals surface area contributed by atoms with E-state index in [0.29, 0.717) is 0 Å². The summed E-state index contributed by atoms with van der Waals surface area (Å²) in [6.45, 7) is 5.64. The molecular formula is C11H16. The van der Waals surface area contributed by atoms with E-state index in [-0.39, 0.29) is 0 Å². The molecule has 1 rings (SSSR count). The van der Waals surface area contributed by atoms with Crippen LogP contribution in [0.5, 0.6) is 0 Å². The lowest BCUT2D eigenvalue weighted by molar-refractivity contribution is 0.719. The lowest BCUT2D eigenvalue weighted by Gasteiger charge is -1.89. The molecule has 2 atom stereocenters. The maximum absolute atomic E-state index is 3.55. The molecule has 1 saturated carbocycles. The van der Waals surface area contributed by atoms with Crippen LogP contribution in [0.1, 0.15) is 26.2 Å². The molecule has 0 amide bonds. The van der Waals surface area contributed by atoms with Crippen molar-refractivity contribution in [1.29, 1.82) is 0 Å². The first-order chi connectivity index (χ1) is 5.38. The Morgan fingerprint density at radius 1 is 1.45 bits per heavy atom. The van der Waals surface area contributed by atoms with Crippen LogP contribution in [0, 0.1) is 11.8 Å². The molecule has 0 aromatic rings. The van der Waals surface area contributed by atoms with Crippen molar-refractivity contribution in [2.75, 3.05) is 0 Å². The predicted molar refractivity (Wildman–Crippen MR) is 49.4 cm³/mol. The van der Waals surface area contributed by atoms with E-state index in [9.17, 15) is 0 Å². The zero-order chi connectivity index (χ0) is 8.10. The van der Waals surface area contributed by atoms with Crippen LogP contribution in [-0.4, -0.2) is 0 Å². The van der Waals surface area contributed by atoms with Crippen molar-refractivity contribution in [3.63, 3.8) is 0 Å². The van der Waals surface area contributed by atoms with Gasteiger partial charge in [0.25, 0.3) is 0 Å². The number of rotatable bonds is 4. The minimum absolute atomic E-state index is 0.931. The van der Waals surface area contributed by atoms with Gasteiger partial charge in [-0.25, -0.2) is 0 Å². The van der Waals surface area contributed by atoms with E-state index in [1.165, 1.54) is 19.3 Å². The highest BCUT2D eigenvalue weighted by molar-refractivity contribution is 4.96. The van der Waals surface area contributed by atoms with E-state index in [4.69, 9.17) is 0 Å². The molecule has 0 nitrogen and oxygen atoms in total. The van der Waals surface area contributed by atoms with Crippen LogP contribution in [0.15, 0.2) is 30.5 Å². The highest BCUT2D eigenvalue weighted by Gasteiger charge is 2.34. The van der Waals surface area contributed by atoms with Crippen molar-refractivity contribution in [1.82, 2.24) is 0 Å². The standard InChI is InChI=1S/C11H16/c1-3-5-7-10-9-11(10)8-6-4-2/h4-6,10-11H,1,7-9H2,2H3. The Bertz CT molecular complexity index is 182. The lowest BCUT2D eigenvalue weighted by Crippen LogP contribution is -1.77. The average Bonchev–Trinajstić information content (AvgIpc) is 2.76. The van der Waals surface area contributed by atoms with E-state index >= 15 is 0 Å². The highest BCUT2D eigenvalue weighted by Crippen LogP contribution is 2.44. The van der Waals surface area contributed by atoms with Gasteiger partial charge in [0, 0.05) is 0 Å². The molecule has 0 saturated heterocycles. The van der Waals surface area contributed by atoms with Gasteiger partial charge in [0.1, 0.15) is 0 Å². The number of allylic oxidation sites excluding steroid dienone is 3. The number of hydrogen-bond acceptors (Lipinski definition) is 0. The van der Waals surface area contributed by atoms with Gasteiger partial charge in [-0.3, -0.25) is 0 Å². The molecule has 0 aliphatic heterocycles. The first kappa shape index (κ1) is 8.36. The maximum Gasteiger partial charge on any atom is -0.0243 e. The van der Waals surface area contributed by atoms with Gasteiger partial charge in [-0.1, -0.05) is 18.7 Å². The minimum Gasteiger partial charge on any atom is -0.133 e. The largest absolute Gasteiger partial charge is 0.133 e. The summed E-state index contributed by atoms with van der Waals surface area (Å²) in [7, 11) is 0. The Kier molecular flexibility index (Phi) is 3.19. The molecule has 1 aliphatic carbocycles. The van der Waals surface area contributed by atoms with Gasteiger partial charge in [-0.05, 0) is 44.1 Å². The summed E-state index contributed by atoms with van der Waals surface area (Å²) in [6, 6.07) is 0. The normalized spacial score (nSPS) is 28.5. The van der Waals surface area contributed by atoms with E-state index in [2.05, 4.69) is 37.5 Å². The van der Waals surface area contributed by atoms with Crippen molar-refractivity contribution < 1.29 is 0 Å². The molecule has 0 N–H and O–H groups in total. The second kappa shape index (κ2) is 4.20. The van der Waals surface area contributed by atoms with Crippen LogP contribution in [0.3, 0.4) is 0 Å². The molecule has 0 heterocycles. The first-order valence-electron chi connectivity index (χ1n) is 4.34. The Labute approximate surface area is 69.3 Å². The van der Waals surface area contributed by atoms with Crippen molar-refractivity contribution in [2.45, 2.75) is 26.2 Å². The minimum atomic E-state index is 0.931. The fourth-order valence-electron chi connectivity index (χ4n) is 1.43. The molecule has 11 heavy (non-hydrogen) atoms. The molecule has 0 bridgehead atoms. The van der Waals surface area contributed by atoms with Crippen LogP contribution in [0.25, 0.3) is 0 Å². The van der Waals surface area contributed by atoms with Crippen molar-refractivity contribution in [2.24, 2.45) is 11.8 Å². The predicted octanol–water partition coefficient (Wildman–Crippen LogP) is 3.32. The second-order valence-electron chi connectivity index (χ2n) is 3.20. The molecule has 1 aliphatic rings. The van der Waals surface area contributed by atoms with E-state index < -0.39 is 0 Å². The van der Waals surface area contributed by atoms with Crippen LogP contribution in [0.4, 0.5) is 0 Å². The zero-order valence-corrected chi connectivity index (χ0v) is 7.22. The molecule has 0 heteroatoms. The average molecular weight is 148 g/mol. The third-order valence-electron chi connectivity index (χ3n) is 2.31. The zero-order valence-electron chi connectivity index (χ0n) is 7.22. The first-order valence-corrected chi connectivity index (χ1v) is 4.34. The Morgan fingerprint density at radius 2 is 2.18 bits per heavy atom. The highest BCUT2D eigenvalue weighted by atomic mass is 14.4. The van der Waals surface area contributed by atoms with Gasteiger partial charge in [0.2, 0.25) is 0 Å². The van der Waals surface area contributed by atoms with Crippen molar-refractivity contribution in [3.05, 3.63) is 30.5 Å². The van der Waals surface area contributed by atoms with Gasteiger partial charge >= 0.3 is 0 Å². The van der Waals surface area contributed by atoms with Gasteiger partial charge < -0.3 is 0 Å². The summed E-state index contributed by atoms with van der Waals surface area (Å²) < 4.78 is 0. The van der Waals surface area contributed by atoms with Crippen molar-refractivity contribution >= 4 is 0 Å². The van der Waals surface area contributed by atoms with Crippen LogP contribution in [0.2, 0.25) is 0 Å². The third kappa shape index (κ3) is 2.78. The smallest absolute Gasteiger partial charge is 0.0243 e. The topological polar surface area (TPSA) is 0 Å². The third-order valence-corrected chi connectivity index (χ3v) is 2.31. The summed E-state index contributed by atoms with van der Waals surface area (Å²) in [5.41, 5.74) is 2.82. The fraction of sp³-hybridized carbons (Fsp3) is 0.545. The maximum atomic E-state index is 3.55. The molecule has 0 aromatic heterocycles. The van der Waals surface area contributed by atoms with Gasteiger partial charge in [-0.2, -0.15) is 0 Å². The molecule has 0 aromatic carbocycles. The lowest BCUT2D eigenvalue weighted by atomic mass is 10.2. The molecule has 0 spiro atoms. The summed E-state index contributed by atoms with van der Waals surface area (Å²) in [6.07, 6.45) is 10.3. The monoisotopic (exact) mass is 148 g/mol. The fourth-order valence-corrected chi connectivity index (χ4v) is 1.43. The Hall–Kier alpha value is -0.740. The van der Waals surface area contributed by atoms with Gasteiger partial charge in [-0.15, -0.1) is 5.73 Å². The molecule has 60 valence electrons. The molecule has 2 unspecified atom stereocenters. The van der Waals surface area contributed by atoms with Crippen molar-refractivity contribution in [3.8, 4) is 0 Å². The van der Waals surface area contributed by atoms with Crippen LogP contribution in [-0.2, 0) is 0 Å². The van der Waals surface area contributed by atoms with E-state index in [1.807, 2.05) is 0 Å². The van der Waals surface area contributed by atoms with Gasteiger partial charge in [0.05, 0.1) is 0 Å². The summed E-state index contributed by atoms with van der Waals surface area (Å²) in [4.78, 5) is 0. The molecular weight excluding hydrogens is 132 g/mol. The van der Waals surface area contributed by atoms with Gasteiger partial charge in [0.15, 0.2) is 0 Å². The molecule has 0 radical (unpaired) electrons.